The van der Waals surface area contributed by atoms with Gasteiger partial charge in [0.2, 0.25) is 0 Å². The van der Waals surface area contributed by atoms with Gasteiger partial charge in [0.05, 0.1) is 5.69 Å². The lowest BCUT2D eigenvalue weighted by atomic mass is 9.72. The fourth-order valence-electron chi connectivity index (χ4n) is 3.26. The lowest BCUT2D eigenvalue weighted by molar-refractivity contribution is 0.252. The zero-order valence-electron chi connectivity index (χ0n) is 9.00. The van der Waals surface area contributed by atoms with E-state index in [4.69, 9.17) is 5.73 Å². The van der Waals surface area contributed by atoms with E-state index in [2.05, 4.69) is 10.2 Å². The first-order valence-corrected chi connectivity index (χ1v) is 5.88. The number of anilines is 1. The summed E-state index contributed by atoms with van der Waals surface area (Å²) in [6.45, 7) is 0. The third-order valence-electron chi connectivity index (χ3n) is 4.10. The van der Waals surface area contributed by atoms with Crippen LogP contribution < -0.4 is 5.73 Å². The lowest BCUT2D eigenvalue weighted by Crippen LogP contribution is -2.26. The second-order valence-corrected chi connectivity index (χ2v) is 5.13. The largest absolute Gasteiger partial charge is 0.382 e. The van der Waals surface area contributed by atoms with Gasteiger partial charge in [0.15, 0.2) is 0 Å². The maximum atomic E-state index is 5.70. The summed E-state index contributed by atoms with van der Waals surface area (Å²) in [7, 11) is 0. The molecule has 2 aliphatic carbocycles. The van der Waals surface area contributed by atoms with E-state index in [0.29, 0.717) is 11.2 Å². The van der Waals surface area contributed by atoms with E-state index in [1.165, 1.54) is 49.8 Å². The van der Waals surface area contributed by atoms with Gasteiger partial charge in [-0.3, -0.25) is 0 Å². The van der Waals surface area contributed by atoms with Gasteiger partial charge in [0.1, 0.15) is 5.82 Å². The Morgan fingerprint density at radius 1 is 1.13 bits per heavy atom. The van der Waals surface area contributed by atoms with Gasteiger partial charge in [-0.2, -0.15) is 5.10 Å². The van der Waals surface area contributed by atoms with Crippen LogP contribution in [-0.4, -0.2) is 10.2 Å². The van der Waals surface area contributed by atoms with E-state index in [1.807, 2.05) is 6.07 Å². The minimum absolute atomic E-state index is 0.573. The number of nitrogens with two attached hydrogens (primary N) is 1. The molecule has 0 bridgehead atoms. The first kappa shape index (κ1) is 9.13. The zero-order chi connectivity index (χ0) is 10.3. The smallest absolute Gasteiger partial charge is 0.146 e. The molecule has 2 aliphatic rings. The second-order valence-electron chi connectivity index (χ2n) is 5.13. The molecule has 3 rings (SSSR count). The van der Waals surface area contributed by atoms with Crippen LogP contribution in [0.15, 0.2) is 6.07 Å². The van der Waals surface area contributed by atoms with Crippen molar-refractivity contribution >= 4 is 5.82 Å². The molecular formula is C12H17N3. The molecule has 0 amide bonds. The quantitative estimate of drug-likeness (QED) is 0.702. The summed E-state index contributed by atoms with van der Waals surface area (Å²) in [5, 5.41) is 8.13. The Morgan fingerprint density at radius 3 is 2.73 bits per heavy atom. The summed E-state index contributed by atoms with van der Waals surface area (Å²) in [5.41, 5.74) is 8.82. The molecule has 0 saturated heterocycles. The molecule has 1 aromatic heterocycles. The third-order valence-corrected chi connectivity index (χ3v) is 4.10. The molecule has 0 aliphatic heterocycles. The van der Waals surface area contributed by atoms with Crippen LogP contribution in [0.4, 0.5) is 5.82 Å². The molecular weight excluding hydrogens is 186 g/mol. The predicted octanol–water partition coefficient (Wildman–Crippen LogP) is 2.11. The van der Waals surface area contributed by atoms with Crippen molar-refractivity contribution in [1.82, 2.24) is 10.2 Å². The maximum Gasteiger partial charge on any atom is 0.146 e. The highest BCUT2D eigenvalue weighted by Gasteiger charge is 2.37. The lowest BCUT2D eigenvalue weighted by Gasteiger charge is -2.33. The molecule has 1 fully saturated rings. The minimum Gasteiger partial charge on any atom is -0.382 e. The van der Waals surface area contributed by atoms with Crippen molar-refractivity contribution in [2.24, 2.45) is 5.41 Å². The molecule has 0 aromatic carbocycles. The molecule has 3 heteroatoms. The van der Waals surface area contributed by atoms with Crippen LogP contribution in [0, 0.1) is 5.41 Å². The third kappa shape index (κ3) is 1.50. The van der Waals surface area contributed by atoms with Crippen LogP contribution in [0.25, 0.3) is 0 Å². The van der Waals surface area contributed by atoms with E-state index in [1.54, 1.807) is 0 Å². The Morgan fingerprint density at radius 2 is 1.93 bits per heavy atom. The van der Waals surface area contributed by atoms with Crippen LogP contribution in [-0.2, 0) is 12.8 Å². The van der Waals surface area contributed by atoms with Crippen molar-refractivity contribution in [3.63, 3.8) is 0 Å². The Kier molecular flexibility index (Phi) is 1.94. The first-order valence-electron chi connectivity index (χ1n) is 5.88. The predicted molar refractivity (Wildman–Crippen MR) is 59.4 cm³/mol. The van der Waals surface area contributed by atoms with Crippen LogP contribution in [0.3, 0.4) is 0 Å². The number of fused-ring (bicyclic) bond motifs is 1. The first-order chi connectivity index (χ1) is 7.27. The number of aryl methyl sites for hydroxylation is 1. The molecule has 80 valence electrons. The summed E-state index contributed by atoms with van der Waals surface area (Å²) in [5.74, 6) is 0.573. The van der Waals surface area contributed by atoms with Gasteiger partial charge in [-0.1, -0.05) is 12.8 Å². The monoisotopic (exact) mass is 203 g/mol. The number of rotatable bonds is 0. The second kappa shape index (κ2) is 3.19. The molecule has 1 spiro atoms. The SMILES string of the molecule is Nc1cc2c(nn1)CCC1(CCCC1)C2. The Balaban J connectivity index is 1.94. The zero-order valence-corrected chi connectivity index (χ0v) is 9.00. The van der Waals surface area contributed by atoms with Crippen molar-refractivity contribution in [2.75, 3.05) is 5.73 Å². The number of aromatic nitrogens is 2. The molecule has 1 aromatic rings. The summed E-state index contributed by atoms with van der Waals surface area (Å²) < 4.78 is 0. The molecule has 0 unspecified atom stereocenters. The van der Waals surface area contributed by atoms with Crippen molar-refractivity contribution < 1.29 is 0 Å². The van der Waals surface area contributed by atoms with Gasteiger partial charge < -0.3 is 5.73 Å². The highest BCUT2D eigenvalue weighted by molar-refractivity contribution is 5.35. The van der Waals surface area contributed by atoms with E-state index in [0.717, 1.165) is 6.42 Å². The standard InChI is InChI=1S/C12H17N3/c13-11-7-9-8-12(4-1-2-5-12)6-3-10(9)14-15-11/h7H,1-6,8H2,(H2,13,15). The molecule has 3 nitrogen and oxygen atoms in total. The highest BCUT2D eigenvalue weighted by Crippen LogP contribution is 2.47. The number of hydrogen-bond donors (Lipinski definition) is 1. The average molecular weight is 203 g/mol. The summed E-state index contributed by atoms with van der Waals surface area (Å²) in [6.07, 6.45) is 9.19. The van der Waals surface area contributed by atoms with Gasteiger partial charge in [-0.05, 0) is 49.1 Å². The Labute approximate surface area is 90.1 Å². The van der Waals surface area contributed by atoms with Crippen LogP contribution in [0.5, 0.6) is 0 Å². The van der Waals surface area contributed by atoms with Crippen molar-refractivity contribution in [1.29, 1.82) is 0 Å². The van der Waals surface area contributed by atoms with E-state index in [-0.39, 0.29) is 0 Å². The number of nitrogens with zero attached hydrogens (tertiary/aromatic N) is 2. The van der Waals surface area contributed by atoms with Gasteiger partial charge in [0, 0.05) is 0 Å². The number of nitrogen functional groups attached to an aromatic ring is 1. The molecule has 1 heterocycles. The fourth-order valence-corrected chi connectivity index (χ4v) is 3.26. The Bertz CT molecular complexity index is 380. The minimum atomic E-state index is 0.573. The maximum absolute atomic E-state index is 5.70. The van der Waals surface area contributed by atoms with Crippen LogP contribution in [0.1, 0.15) is 43.4 Å². The molecule has 15 heavy (non-hydrogen) atoms. The van der Waals surface area contributed by atoms with Gasteiger partial charge >= 0.3 is 0 Å². The summed E-state index contributed by atoms with van der Waals surface area (Å²) >= 11 is 0. The van der Waals surface area contributed by atoms with Crippen molar-refractivity contribution in [3.8, 4) is 0 Å². The fraction of sp³-hybridized carbons (Fsp3) is 0.667. The van der Waals surface area contributed by atoms with Crippen LogP contribution >= 0.6 is 0 Å². The van der Waals surface area contributed by atoms with Crippen molar-refractivity contribution in [3.05, 3.63) is 17.3 Å². The van der Waals surface area contributed by atoms with Gasteiger partial charge in [-0.25, -0.2) is 0 Å². The van der Waals surface area contributed by atoms with E-state index >= 15 is 0 Å². The van der Waals surface area contributed by atoms with E-state index < -0.39 is 0 Å². The summed E-state index contributed by atoms with van der Waals surface area (Å²) in [4.78, 5) is 0. The van der Waals surface area contributed by atoms with Gasteiger partial charge in [0.25, 0.3) is 0 Å². The average Bonchev–Trinajstić information content (AvgIpc) is 2.66. The number of hydrogen-bond acceptors (Lipinski definition) is 3. The topological polar surface area (TPSA) is 51.8 Å². The molecule has 0 atom stereocenters. The molecule has 2 N–H and O–H groups in total. The highest BCUT2D eigenvalue weighted by atomic mass is 15.1. The molecule has 1 saturated carbocycles. The molecule has 0 radical (unpaired) electrons. The Hall–Kier alpha value is -1.12. The van der Waals surface area contributed by atoms with Crippen molar-refractivity contribution in [2.45, 2.75) is 44.9 Å². The summed E-state index contributed by atoms with van der Waals surface area (Å²) in [6, 6.07) is 2.03. The van der Waals surface area contributed by atoms with Gasteiger partial charge in [-0.15, -0.1) is 5.10 Å². The van der Waals surface area contributed by atoms with E-state index in [9.17, 15) is 0 Å². The normalized spacial score (nSPS) is 22.9. The van der Waals surface area contributed by atoms with Crippen LogP contribution in [0.2, 0.25) is 0 Å².